The summed E-state index contributed by atoms with van der Waals surface area (Å²) in [5, 5.41) is 2.78. The van der Waals surface area contributed by atoms with Crippen LogP contribution >= 0.6 is 0 Å². The Morgan fingerprint density at radius 3 is 2.68 bits per heavy atom. The predicted molar refractivity (Wildman–Crippen MR) is 77.1 cm³/mol. The molecule has 0 heterocycles. The molecule has 2 aliphatic carbocycles. The number of alkyl halides is 2. The van der Waals surface area contributed by atoms with Crippen LogP contribution in [0.15, 0.2) is 30.4 Å². The molecular weight excluding hydrogens is 292 g/mol. The molecular formula is C16H17F2NO3. The third-order valence-electron chi connectivity index (χ3n) is 4.26. The van der Waals surface area contributed by atoms with Crippen LogP contribution in [0, 0.1) is 17.8 Å². The van der Waals surface area contributed by atoms with E-state index in [2.05, 4.69) is 22.2 Å². The maximum Gasteiger partial charge on any atom is 0.387 e. The Bertz CT molecular complexity index is 603. The highest BCUT2D eigenvalue weighted by Crippen LogP contribution is 2.44. The Labute approximate surface area is 127 Å². The van der Waals surface area contributed by atoms with Gasteiger partial charge >= 0.3 is 6.61 Å². The molecule has 0 spiro atoms. The molecule has 3 rings (SSSR count). The third-order valence-corrected chi connectivity index (χ3v) is 4.26. The maximum atomic E-state index is 12.4. The van der Waals surface area contributed by atoms with E-state index in [1.54, 1.807) is 6.07 Å². The lowest BCUT2D eigenvalue weighted by Gasteiger charge is -2.18. The lowest BCUT2D eigenvalue weighted by molar-refractivity contribution is -0.120. The lowest BCUT2D eigenvalue weighted by atomic mass is 9.93. The van der Waals surface area contributed by atoms with Crippen LogP contribution in [0.2, 0.25) is 0 Å². The molecule has 3 unspecified atom stereocenters. The summed E-state index contributed by atoms with van der Waals surface area (Å²) in [6.45, 7) is -2.95. The Balaban J connectivity index is 1.72. The molecule has 1 fully saturated rings. The first kappa shape index (κ1) is 14.8. The van der Waals surface area contributed by atoms with Crippen molar-refractivity contribution in [3.8, 4) is 11.5 Å². The first-order valence-corrected chi connectivity index (χ1v) is 7.19. The highest BCUT2D eigenvalue weighted by molar-refractivity contribution is 5.93. The number of hydrogen-bond donors (Lipinski definition) is 1. The minimum Gasteiger partial charge on any atom is -0.493 e. The number of fused-ring (bicyclic) bond motifs is 2. The van der Waals surface area contributed by atoms with Gasteiger partial charge in [0.2, 0.25) is 5.91 Å². The number of benzene rings is 1. The fraction of sp³-hybridized carbons (Fsp3) is 0.438. The molecule has 2 bridgehead atoms. The Kier molecular flexibility index (Phi) is 4.00. The first-order valence-electron chi connectivity index (χ1n) is 7.19. The first-order chi connectivity index (χ1) is 10.6. The quantitative estimate of drug-likeness (QED) is 0.848. The second-order valence-corrected chi connectivity index (χ2v) is 5.62. The lowest BCUT2D eigenvalue weighted by Crippen LogP contribution is -2.25. The number of nitrogens with one attached hydrogen (secondary N) is 1. The van der Waals surface area contributed by atoms with E-state index in [0.717, 1.165) is 12.8 Å². The van der Waals surface area contributed by atoms with E-state index in [0.29, 0.717) is 17.5 Å². The number of hydrogen-bond acceptors (Lipinski definition) is 3. The summed E-state index contributed by atoms with van der Waals surface area (Å²) in [6.07, 6.45) is 6.14. The maximum absolute atomic E-state index is 12.4. The van der Waals surface area contributed by atoms with E-state index >= 15 is 0 Å². The summed E-state index contributed by atoms with van der Waals surface area (Å²) in [5.41, 5.74) is 0.424. The number of anilines is 1. The SMILES string of the molecule is COc1ccc(NC(=O)C2CC3C=CC2C3)cc1OC(F)F. The second kappa shape index (κ2) is 5.94. The molecule has 1 amide bonds. The third kappa shape index (κ3) is 2.91. The van der Waals surface area contributed by atoms with Crippen LogP contribution in [-0.4, -0.2) is 19.6 Å². The molecule has 0 saturated heterocycles. The van der Waals surface area contributed by atoms with Crippen LogP contribution in [0.5, 0.6) is 11.5 Å². The summed E-state index contributed by atoms with van der Waals surface area (Å²) < 4.78 is 34.2. The molecule has 0 aliphatic heterocycles. The number of amides is 1. The standard InChI is InChI=1S/C16H17F2NO3/c1-21-13-5-4-11(8-14(13)22-16(17)18)19-15(20)12-7-9-2-3-10(12)6-9/h2-5,8-10,12,16H,6-7H2,1H3,(H,19,20). The largest absolute Gasteiger partial charge is 0.493 e. The molecule has 1 aromatic carbocycles. The Morgan fingerprint density at radius 1 is 1.27 bits per heavy atom. The summed E-state index contributed by atoms with van der Waals surface area (Å²) in [7, 11) is 1.37. The van der Waals surface area contributed by atoms with Crippen molar-refractivity contribution in [2.24, 2.45) is 17.8 Å². The van der Waals surface area contributed by atoms with Gasteiger partial charge in [-0.3, -0.25) is 4.79 Å². The molecule has 4 nitrogen and oxygen atoms in total. The van der Waals surface area contributed by atoms with Gasteiger partial charge in [0.15, 0.2) is 11.5 Å². The fourth-order valence-corrected chi connectivity index (χ4v) is 3.26. The van der Waals surface area contributed by atoms with Crippen molar-refractivity contribution in [3.05, 3.63) is 30.4 Å². The van der Waals surface area contributed by atoms with Gasteiger partial charge in [-0.1, -0.05) is 12.2 Å². The van der Waals surface area contributed by atoms with Gasteiger partial charge in [0, 0.05) is 17.7 Å². The van der Waals surface area contributed by atoms with Crippen LogP contribution in [-0.2, 0) is 4.79 Å². The summed E-state index contributed by atoms with van der Waals surface area (Å²) in [6, 6.07) is 4.46. The number of allylic oxidation sites excluding steroid dienone is 2. The number of halogens is 2. The van der Waals surface area contributed by atoms with Gasteiger partial charge in [-0.25, -0.2) is 0 Å². The normalized spacial score (nSPS) is 25.5. The van der Waals surface area contributed by atoms with E-state index in [4.69, 9.17) is 4.74 Å². The Morgan fingerprint density at radius 2 is 2.09 bits per heavy atom. The van der Waals surface area contributed by atoms with Gasteiger partial charge in [0.05, 0.1) is 7.11 Å². The molecule has 2 aliphatic rings. The van der Waals surface area contributed by atoms with Crippen molar-refractivity contribution >= 4 is 11.6 Å². The zero-order chi connectivity index (χ0) is 15.7. The van der Waals surface area contributed by atoms with Crippen molar-refractivity contribution in [3.63, 3.8) is 0 Å². The molecule has 6 heteroatoms. The highest BCUT2D eigenvalue weighted by atomic mass is 19.3. The minimum absolute atomic E-state index is 0.0448. The molecule has 22 heavy (non-hydrogen) atoms. The summed E-state index contributed by atoms with van der Waals surface area (Å²) in [5.74, 6) is 0.764. The van der Waals surface area contributed by atoms with Gasteiger partial charge in [-0.15, -0.1) is 0 Å². The molecule has 1 aromatic rings. The van der Waals surface area contributed by atoms with Gasteiger partial charge in [-0.2, -0.15) is 8.78 Å². The van der Waals surface area contributed by atoms with Crippen molar-refractivity contribution in [1.82, 2.24) is 0 Å². The van der Waals surface area contributed by atoms with E-state index in [1.807, 2.05) is 0 Å². The number of rotatable bonds is 5. The minimum atomic E-state index is -2.95. The van der Waals surface area contributed by atoms with Crippen molar-refractivity contribution in [2.75, 3.05) is 12.4 Å². The molecule has 118 valence electrons. The second-order valence-electron chi connectivity index (χ2n) is 5.62. The van der Waals surface area contributed by atoms with Crippen molar-refractivity contribution in [1.29, 1.82) is 0 Å². The molecule has 0 aromatic heterocycles. The van der Waals surface area contributed by atoms with Crippen LogP contribution in [0.25, 0.3) is 0 Å². The smallest absolute Gasteiger partial charge is 0.387 e. The summed E-state index contributed by atoms with van der Waals surface area (Å²) in [4.78, 5) is 12.3. The monoisotopic (exact) mass is 309 g/mol. The molecule has 3 atom stereocenters. The zero-order valence-corrected chi connectivity index (χ0v) is 12.1. The van der Waals surface area contributed by atoms with E-state index < -0.39 is 6.61 Å². The number of ether oxygens (including phenoxy) is 2. The topological polar surface area (TPSA) is 47.6 Å². The highest BCUT2D eigenvalue weighted by Gasteiger charge is 2.39. The van der Waals surface area contributed by atoms with Gasteiger partial charge in [0.25, 0.3) is 0 Å². The number of methoxy groups -OCH3 is 1. The van der Waals surface area contributed by atoms with E-state index in [9.17, 15) is 13.6 Å². The molecule has 1 N–H and O–H groups in total. The van der Waals surface area contributed by atoms with Crippen LogP contribution in [0.1, 0.15) is 12.8 Å². The van der Waals surface area contributed by atoms with Gasteiger partial charge in [0.1, 0.15) is 0 Å². The van der Waals surface area contributed by atoms with Crippen LogP contribution in [0.3, 0.4) is 0 Å². The van der Waals surface area contributed by atoms with Gasteiger partial charge < -0.3 is 14.8 Å². The average Bonchev–Trinajstić information content (AvgIpc) is 3.09. The molecule has 0 radical (unpaired) electrons. The number of carbonyl (C=O) groups excluding carboxylic acids is 1. The Hall–Kier alpha value is -2.11. The van der Waals surface area contributed by atoms with Crippen LogP contribution in [0.4, 0.5) is 14.5 Å². The van der Waals surface area contributed by atoms with E-state index in [1.165, 1.54) is 19.2 Å². The summed E-state index contributed by atoms with van der Waals surface area (Å²) >= 11 is 0. The zero-order valence-electron chi connectivity index (χ0n) is 12.1. The van der Waals surface area contributed by atoms with Crippen molar-refractivity contribution < 1.29 is 23.0 Å². The number of carbonyl (C=O) groups is 1. The van der Waals surface area contributed by atoms with Gasteiger partial charge in [-0.05, 0) is 36.8 Å². The fourth-order valence-electron chi connectivity index (χ4n) is 3.26. The van der Waals surface area contributed by atoms with Crippen molar-refractivity contribution in [2.45, 2.75) is 19.5 Å². The van der Waals surface area contributed by atoms with Crippen LogP contribution < -0.4 is 14.8 Å². The van der Waals surface area contributed by atoms with E-state index in [-0.39, 0.29) is 23.3 Å². The average molecular weight is 309 g/mol. The molecule has 1 saturated carbocycles. The predicted octanol–water partition coefficient (Wildman–Crippen LogP) is 3.45.